The molecule has 0 amide bonds. The van der Waals surface area contributed by atoms with Crippen LogP contribution >= 0.6 is 0 Å². The standard InChI is InChI=1S/C13H27N3O/c14-12-2-4-13(5-3-12)15-6-1-7-16-8-10-17-11-9-16/h12-13,15H,1-11,14H2. The van der Waals surface area contributed by atoms with Gasteiger partial charge in [-0.05, 0) is 45.2 Å². The van der Waals surface area contributed by atoms with Crippen LogP contribution in [0.3, 0.4) is 0 Å². The van der Waals surface area contributed by atoms with Gasteiger partial charge in [0.2, 0.25) is 0 Å². The van der Waals surface area contributed by atoms with E-state index in [4.69, 9.17) is 10.5 Å². The summed E-state index contributed by atoms with van der Waals surface area (Å²) in [6.07, 6.45) is 6.17. The van der Waals surface area contributed by atoms with Crippen LogP contribution in [0.2, 0.25) is 0 Å². The lowest BCUT2D eigenvalue weighted by atomic mass is 9.92. The van der Waals surface area contributed by atoms with E-state index in [0.717, 1.165) is 38.9 Å². The van der Waals surface area contributed by atoms with Crippen LogP contribution in [-0.4, -0.2) is 56.4 Å². The second-order valence-electron chi connectivity index (χ2n) is 5.37. The molecule has 1 saturated heterocycles. The van der Waals surface area contributed by atoms with Crippen LogP contribution in [0.5, 0.6) is 0 Å². The van der Waals surface area contributed by atoms with Crippen molar-refractivity contribution < 1.29 is 4.74 Å². The highest BCUT2D eigenvalue weighted by molar-refractivity contribution is 4.78. The first-order valence-electron chi connectivity index (χ1n) is 7.13. The average Bonchev–Trinajstić information content (AvgIpc) is 2.38. The summed E-state index contributed by atoms with van der Waals surface area (Å²) in [6, 6.07) is 1.18. The van der Waals surface area contributed by atoms with Gasteiger partial charge in [-0.15, -0.1) is 0 Å². The lowest BCUT2D eigenvalue weighted by Crippen LogP contribution is -2.40. The largest absolute Gasteiger partial charge is 0.379 e. The molecule has 3 N–H and O–H groups in total. The smallest absolute Gasteiger partial charge is 0.0594 e. The summed E-state index contributed by atoms with van der Waals surface area (Å²) in [4.78, 5) is 2.50. The molecule has 0 bridgehead atoms. The van der Waals surface area contributed by atoms with E-state index in [2.05, 4.69) is 10.2 Å². The quantitative estimate of drug-likeness (QED) is 0.691. The number of nitrogens with one attached hydrogen (secondary N) is 1. The molecule has 17 heavy (non-hydrogen) atoms. The Labute approximate surface area is 105 Å². The molecule has 0 atom stereocenters. The highest BCUT2D eigenvalue weighted by Crippen LogP contribution is 2.16. The van der Waals surface area contributed by atoms with Crippen LogP contribution in [-0.2, 0) is 4.74 Å². The fourth-order valence-corrected chi connectivity index (χ4v) is 2.76. The maximum Gasteiger partial charge on any atom is 0.0594 e. The van der Waals surface area contributed by atoms with Gasteiger partial charge >= 0.3 is 0 Å². The van der Waals surface area contributed by atoms with Crippen molar-refractivity contribution in [3.63, 3.8) is 0 Å². The zero-order chi connectivity index (χ0) is 11.9. The molecule has 4 heteroatoms. The molecule has 1 saturated carbocycles. The summed E-state index contributed by atoms with van der Waals surface area (Å²) in [6.45, 7) is 6.40. The van der Waals surface area contributed by atoms with E-state index in [1.54, 1.807) is 0 Å². The first-order valence-corrected chi connectivity index (χ1v) is 7.13. The van der Waals surface area contributed by atoms with Crippen molar-refractivity contribution in [3.05, 3.63) is 0 Å². The molecule has 4 nitrogen and oxygen atoms in total. The Bertz CT molecular complexity index is 199. The van der Waals surface area contributed by atoms with Crippen molar-refractivity contribution in [1.82, 2.24) is 10.2 Å². The molecule has 1 aliphatic carbocycles. The van der Waals surface area contributed by atoms with Crippen molar-refractivity contribution in [2.75, 3.05) is 39.4 Å². The fraction of sp³-hybridized carbons (Fsp3) is 1.00. The number of ether oxygens (including phenoxy) is 1. The number of morpholine rings is 1. The first-order chi connectivity index (χ1) is 8.34. The van der Waals surface area contributed by atoms with Gasteiger partial charge in [-0.3, -0.25) is 4.90 Å². The van der Waals surface area contributed by atoms with Gasteiger partial charge < -0.3 is 15.8 Å². The van der Waals surface area contributed by atoms with Crippen LogP contribution in [0, 0.1) is 0 Å². The van der Waals surface area contributed by atoms with Gasteiger partial charge in [-0.25, -0.2) is 0 Å². The van der Waals surface area contributed by atoms with Crippen molar-refractivity contribution in [3.8, 4) is 0 Å². The maximum absolute atomic E-state index is 5.90. The minimum Gasteiger partial charge on any atom is -0.379 e. The Kier molecular flexibility index (Phi) is 5.71. The first kappa shape index (κ1) is 13.3. The Morgan fingerprint density at radius 2 is 1.82 bits per heavy atom. The van der Waals surface area contributed by atoms with Crippen LogP contribution in [0.15, 0.2) is 0 Å². The highest BCUT2D eigenvalue weighted by atomic mass is 16.5. The third kappa shape index (κ3) is 4.92. The molecule has 2 fully saturated rings. The predicted octanol–water partition coefficient (Wildman–Crippen LogP) is 0.568. The van der Waals surface area contributed by atoms with Crippen molar-refractivity contribution in [2.24, 2.45) is 5.73 Å². The molecule has 100 valence electrons. The Morgan fingerprint density at radius 3 is 2.53 bits per heavy atom. The lowest BCUT2D eigenvalue weighted by Gasteiger charge is -2.28. The summed E-state index contributed by atoms with van der Waals surface area (Å²) in [5.41, 5.74) is 5.90. The van der Waals surface area contributed by atoms with E-state index in [1.807, 2.05) is 0 Å². The maximum atomic E-state index is 5.90. The van der Waals surface area contributed by atoms with E-state index in [0.29, 0.717) is 6.04 Å². The molecule has 1 aliphatic heterocycles. The Hall–Kier alpha value is -0.160. The van der Waals surface area contributed by atoms with E-state index >= 15 is 0 Å². The highest BCUT2D eigenvalue weighted by Gasteiger charge is 2.17. The molecule has 0 spiro atoms. The zero-order valence-electron chi connectivity index (χ0n) is 10.9. The number of nitrogens with zero attached hydrogens (tertiary/aromatic N) is 1. The minimum atomic E-state index is 0.460. The van der Waals surface area contributed by atoms with Crippen molar-refractivity contribution in [1.29, 1.82) is 0 Å². The summed E-state index contributed by atoms with van der Waals surface area (Å²) in [7, 11) is 0. The number of nitrogens with two attached hydrogens (primary N) is 1. The van der Waals surface area contributed by atoms with E-state index < -0.39 is 0 Å². The number of rotatable bonds is 5. The van der Waals surface area contributed by atoms with Crippen molar-refractivity contribution in [2.45, 2.75) is 44.2 Å². The molecule has 0 unspecified atom stereocenters. The zero-order valence-corrected chi connectivity index (χ0v) is 10.9. The second kappa shape index (κ2) is 7.31. The van der Waals surface area contributed by atoms with Crippen molar-refractivity contribution >= 4 is 0 Å². The molecule has 2 aliphatic rings. The van der Waals surface area contributed by atoms with Gasteiger partial charge in [0.05, 0.1) is 13.2 Å². The molecular weight excluding hydrogens is 214 g/mol. The fourth-order valence-electron chi connectivity index (χ4n) is 2.76. The van der Waals surface area contributed by atoms with Gasteiger partial charge in [-0.1, -0.05) is 0 Å². The average molecular weight is 241 g/mol. The monoisotopic (exact) mass is 241 g/mol. The third-order valence-electron chi connectivity index (χ3n) is 3.96. The normalized spacial score (nSPS) is 31.6. The van der Waals surface area contributed by atoms with E-state index in [-0.39, 0.29) is 0 Å². The number of hydrogen-bond donors (Lipinski definition) is 2. The van der Waals surface area contributed by atoms with Gasteiger partial charge in [-0.2, -0.15) is 0 Å². The molecule has 0 aromatic heterocycles. The third-order valence-corrected chi connectivity index (χ3v) is 3.96. The summed E-state index contributed by atoms with van der Waals surface area (Å²) in [5.74, 6) is 0. The summed E-state index contributed by atoms with van der Waals surface area (Å²) < 4.78 is 5.34. The van der Waals surface area contributed by atoms with Crippen LogP contribution in [0.4, 0.5) is 0 Å². The SMILES string of the molecule is NC1CCC(NCCCN2CCOCC2)CC1. The Morgan fingerprint density at radius 1 is 1.12 bits per heavy atom. The number of hydrogen-bond acceptors (Lipinski definition) is 4. The summed E-state index contributed by atoms with van der Waals surface area (Å²) >= 11 is 0. The van der Waals surface area contributed by atoms with E-state index in [9.17, 15) is 0 Å². The van der Waals surface area contributed by atoms with Crippen LogP contribution in [0.25, 0.3) is 0 Å². The molecule has 0 aromatic rings. The van der Waals surface area contributed by atoms with Gasteiger partial charge in [0, 0.05) is 25.2 Å². The lowest BCUT2D eigenvalue weighted by molar-refractivity contribution is 0.0373. The van der Waals surface area contributed by atoms with Crippen LogP contribution < -0.4 is 11.1 Å². The molecule has 1 heterocycles. The topological polar surface area (TPSA) is 50.5 Å². The molecule has 2 rings (SSSR count). The molecular formula is C13H27N3O. The minimum absolute atomic E-state index is 0.460. The van der Waals surface area contributed by atoms with Gasteiger partial charge in [0.25, 0.3) is 0 Å². The molecule has 0 aromatic carbocycles. The van der Waals surface area contributed by atoms with E-state index in [1.165, 1.54) is 38.6 Å². The van der Waals surface area contributed by atoms with Crippen LogP contribution in [0.1, 0.15) is 32.1 Å². The van der Waals surface area contributed by atoms with Gasteiger partial charge in [0.15, 0.2) is 0 Å². The molecule has 0 radical (unpaired) electrons. The second-order valence-corrected chi connectivity index (χ2v) is 5.37. The summed E-state index contributed by atoms with van der Waals surface area (Å²) in [5, 5.41) is 3.67. The van der Waals surface area contributed by atoms with Gasteiger partial charge in [0.1, 0.15) is 0 Å². The predicted molar refractivity (Wildman–Crippen MR) is 70.1 cm³/mol. The Balaban J connectivity index is 1.48.